The normalized spacial score (nSPS) is 18.0. The summed E-state index contributed by atoms with van der Waals surface area (Å²) in [4.78, 5) is 21.5. The Labute approximate surface area is 213 Å². The minimum Gasteiger partial charge on any atom is -0.487 e. The van der Waals surface area contributed by atoms with E-state index >= 15 is 0 Å². The van der Waals surface area contributed by atoms with Crippen LogP contribution in [0.3, 0.4) is 0 Å². The van der Waals surface area contributed by atoms with Crippen molar-refractivity contribution in [3.05, 3.63) is 87.9 Å². The van der Waals surface area contributed by atoms with Crippen molar-refractivity contribution in [3.63, 3.8) is 0 Å². The molecule has 1 N–H and O–H groups in total. The van der Waals surface area contributed by atoms with Gasteiger partial charge in [0.25, 0.3) is 0 Å². The average molecular weight is 534 g/mol. The van der Waals surface area contributed by atoms with Gasteiger partial charge in [0.05, 0.1) is 22.6 Å². The fraction of sp³-hybridized carbons (Fsp3) is 0.321. The zero-order valence-corrected chi connectivity index (χ0v) is 21.2. The molecule has 1 fully saturated rings. The number of pyridine rings is 1. The third kappa shape index (κ3) is 5.25. The van der Waals surface area contributed by atoms with Gasteiger partial charge in [-0.15, -0.1) is 0 Å². The molecule has 5 rings (SSSR count). The largest absolute Gasteiger partial charge is 0.487 e. The number of hydrogen-bond acceptors (Lipinski definition) is 4. The van der Waals surface area contributed by atoms with E-state index < -0.39 is 11.9 Å². The maximum atomic E-state index is 12.1. The van der Waals surface area contributed by atoms with Crippen LogP contribution >= 0.6 is 15.9 Å². The molecule has 2 aromatic carbocycles. The average Bonchev–Trinajstić information content (AvgIpc) is 3.21. The lowest BCUT2D eigenvalue weighted by Crippen LogP contribution is -2.27. The first-order valence-electron chi connectivity index (χ1n) is 12.0. The topological polar surface area (TPSA) is 77.2 Å². The number of aryl methyl sites for hydroxylation is 1. The van der Waals surface area contributed by atoms with Crippen LogP contribution in [0.2, 0.25) is 0 Å². The Morgan fingerprint density at radius 1 is 1.14 bits per heavy atom. The molecule has 0 amide bonds. The number of nitrogens with zero attached hydrogens (tertiary/aromatic N) is 3. The van der Waals surface area contributed by atoms with Crippen molar-refractivity contribution in [2.75, 3.05) is 0 Å². The summed E-state index contributed by atoms with van der Waals surface area (Å²) in [6.07, 6.45) is 5.33. The van der Waals surface area contributed by atoms with Crippen molar-refractivity contribution in [1.82, 2.24) is 14.5 Å². The minimum absolute atomic E-state index is 0.109. The Kier molecular flexibility index (Phi) is 6.86. The summed E-state index contributed by atoms with van der Waals surface area (Å²) in [5.41, 5.74) is 4.90. The van der Waals surface area contributed by atoms with Gasteiger partial charge in [0.2, 0.25) is 0 Å². The van der Waals surface area contributed by atoms with E-state index in [0.29, 0.717) is 19.6 Å². The van der Waals surface area contributed by atoms with Crippen LogP contribution in [0.15, 0.2) is 65.3 Å². The monoisotopic (exact) mass is 533 g/mol. The number of aromatic nitrogens is 3. The van der Waals surface area contributed by atoms with E-state index in [4.69, 9.17) is 9.72 Å². The number of hydrogen-bond donors (Lipinski definition) is 1. The number of carboxylic acids is 1. The van der Waals surface area contributed by atoms with Gasteiger partial charge in [0.15, 0.2) is 0 Å². The van der Waals surface area contributed by atoms with E-state index in [1.165, 1.54) is 0 Å². The number of ether oxygens (including phenoxy) is 1. The molecule has 0 spiro atoms. The van der Waals surface area contributed by atoms with Gasteiger partial charge in [-0.05, 0) is 61.2 Å². The van der Waals surface area contributed by atoms with E-state index in [2.05, 4.69) is 37.6 Å². The second kappa shape index (κ2) is 10.2. The molecule has 1 unspecified atom stereocenters. The first-order chi connectivity index (χ1) is 17.0. The molecule has 6 nitrogen and oxygen atoms in total. The van der Waals surface area contributed by atoms with Gasteiger partial charge in [0, 0.05) is 29.2 Å². The van der Waals surface area contributed by atoms with Gasteiger partial charge >= 0.3 is 5.97 Å². The molecule has 4 aromatic rings. The first kappa shape index (κ1) is 23.5. The lowest BCUT2D eigenvalue weighted by atomic mass is 9.78. The SMILES string of the molecule is Cc1ccc(COc2ccc3nc(C4CCCC[C@H]4C(=O)O)n(Cc4cccc(Br)c4)c3c2)nc1. The molecule has 180 valence electrons. The Morgan fingerprint density at radius 3 is 2.77 bits per heavy atom. The third-order valence-corrected chi connectivity index (χ3v) is 7.25. The van der Waals surface area contributed by atoms with Crippen molar-refractivity contribution in [2.24, 2.45) is 5.92 Å². The molecule has 2 atom stereocenters. The predicted molar refractivity (Wildman–Crippen MR) is 139 cm³/mol. The van der Waals surface area contributed by atoms with E-state index in [1.807, 2.05) is 55.6 Å². The summed E-state index contributed by atoms with van der Waals surface area (Å²) < 4.78 is 9.26. The van der Waals surface area contributed by atoms with Crippen LogP contribution in [0.1, 0.15) is 54.2 Å². The fourth-order valence-electron chi connectivity index (χ4n) is 4.95. The number of carboxylic acid groups (broad SMARTS) is 1. The number of imidazole rings is 1. The number of benzene rings is 2. The van der Waals surface area contributed by atoms with E-state index in [-0.39, 0.29) is 5.92 Å². The summed E-state index contributed by atoms with van der Waals surface area (Å²) in [6, 6.07) is 18.1. The molecular formula is C28H28BrN3O3. The van der Waals surface area contributed by atoms with Gasteiger partial charge in [-0.1, -0.05) is 47.0 Å². The second-order valence-corrected chi connectivity index (χ2v) is 10.2. The Balaban J connectivity index is 1.53. The van der Waals surface area contributed by atoms with Crippen LogP contribution in [0, 0.1) is 12.8 Å². The van der Waals surface area contributed by atoms with Crippen molar-refractivity contribution in [3.8, 4) is 5.75 Å². The van der Waals surface area contributed by atoms with Crippen LogP contribution in [0.25, 0.3) is 11.0 Å². The Morgan fingerprint density at radius 2 is 2.00 bits per heavy atom. The molecule has 1 aliphatic carbocycles. The summed E-state index contributed by atoms with van der Waals surface area (Å²) in [7, 11) is 0. The summed E-state index contributed by atoms with van der Waals surface area (Å²) in [5.74, 6) is 0.335. The zero-order chi connectivity index (χ0) is 24.4. The zero-order valence-electron chi connectivity index (χ0n) is 19.7. The minimum atomic E-state index is -0.731. The van der Waals surface area contributed by atoms with Crippen LogP contribution in [0.4, 0.5) is 0 Å². The summed E-state index contributed by atoms with van der Waals surface area (Å²) >= 11 is 3.57. The van der Waals surface area contributed by atoms with Crippen molar-refractivity contribution >= 4 is 32.9 Å². The van der Waals surface area contributed by atoms with Crippen LogP contribution in [-0.4, -0.2) is 25.6 Å². The first-order valence-corrected chi connectivity index (χ1v) is 12.8. The Bertz CT molecular complexity index is 1350. The molecule has 0 saturated heterocycles. The molecular weight excluding hydrogens is 506 g/mol. The molecule has 1 saturated carbocycles. The van der Waals surface area contributed by atoms with Gasteiger partial charge in [0.1, 0.15) is 18.2 Å². The number of aliphatic carboxylic acids is 1. The van der Waals surface area contributed by atoms with Gasteiger partial charge in [-0.25, -0.2) is 4.98 Å². The van der Waals surface area contributed by atoms with Crippen LogP contribution < -0.4 is 4.74 Å². The molecule has 0 radical (unpaired) electrons. The van der Waals surface area contributed by atoms with E-state index in [1.54, 1.807) is 0 Å². The number of fused-ring (bicyclic) bond motifs is 1. The number of halogens is 1. The predicted octanol–water partition coefficient (Wildman–Crippen LogP) is 6.49. The van der Waals surface area contributed by atoms with Crippen molar-refractivity contribution in [1.29, 1.82) is 0 Å². The molecule has 35 heavy (non-hydrogen) atoms. The maximum Gasteiger partial charge on any atom is 0.307 e. The number of rotatable bonds is 7. The van der Waals surface area contributed by atoms with Crippen molar-refractivity contribution in [2.45, 2.75) is 51.7 Å². The smallest absolute Gasteiger partial charge is 0.307 e. The molecule has 7 heteroatoms. The van der Waals surface area contributed by atoms with Crippen molar-refractivity contribution < 1.29 is 14.6 Å². The second-order valence-electron chi connectivity index (χ2n) is 9.29. The van der Waals surface area contributed by atoms with E-state index in [0.717, 1.165) is 63.2 Å². The molecule has 2 aromatic heterocycles. The lowest BCUT2D eigenvalue weighted by molar-refractivity contribution is -0.143. The molecule has 0 aliphatic heterocycles. The summed E-state index contributed by atoms with van der Waals surface area (Å²) in [5, 5.41) is 9.93. The maximum absolute atomic E-state index is 12.1. The third-order valence-electron chi connectivity index (χ3n) is 6.75. The van der Waals surface area contributed by atoms with Gasteiger partial charge in [-0.2, -0.15) is 0 Å². The highest BCUT2D eigenvalue weighted by atomic mass is 79.9. The highest BCUT2D eigenvalue weighted by Gasteiger charge is 2.35. The lowest BCUT2D eigenvalue weighted by Gasteiger charge is -2.28. The fourth-order valence-corrected chi connectivity index (χ4v) is 5.40. The molecule has 2 heterocycles. The van der Waals surface area contributed by atoms with Crippen LogP contribution in [0.5, 0.6) is 5.75 Å². The molecule has 1 aliphatic rings. The van der Waals surface area contributed by atoms with Crippen LogP contribution in [-0.2, 0) is 17.9 Å². The highest BCUT2D eigenvalue weighted by molar-refractivity contribution is 9.10. The molecule has 0 bridgehead atoms. The van der Waals surface area contributed by atoms with E-state index in [9.17, 15) is 9.90 Å². The highest BCUT2D eigenvalue weighted by Crippen LogP contribution is 2.39. The van der Waals surface area contributed by atoms with Gasteiger partial charge in [-0.3, -0.25) is 9.78 Å². The van der Waals surface area contributed by atoms with Gasteiger partial charge < -0.3 is 14.4 Å². The number of carbonyl (C=O) groups is 1. The quantitative estimate of drug-likeness (QED) is 0.293. The Hall–Kier alpha value is -3.19. The standard InChI is InChI=1S/C28H28BrN3O3/c1-18-9-10-21(30-15-18)17-35-22-11-12-25-26(14-22)32(16-19-5-4-6-20(29)13-19)27(31-25)23-7-2-3-8-24(23)28(33)34/h4-6,9-15,23-24H,2-3,7-8,16-17H2,1H3,(H,33,34)/t23?,24-/m1/s1. The summed E-state index contributed by atoms with van der Waals surface area (Å²) in [6.45, 7) is 3.00.